The maximum absolute atomic E-state index is 13.4. The Morgan fingerprint density at radius 1 is 1.06 bits per heavy atom. The zero-order chi connectivity index (χ0) is 24.9. The fourth-order valence-electron chi connectivity index (χ4n) is 4.36. The highest BCUT2D eigenvalue weighted by Gasteiger charge is 2.50. The maximum atomic E-state index is 13.4. The summed E-state index contributed by atoms with van der Waals surface area (Å²) in [5.41, 5.74) is 1.82. The van der Waals surface area contributed by atoms with Crippen LogP contribution in [0.25, 0.3) is 0 Å². The fourth-order valence-corrected chi connectivity index (χ4v) is 4.36. The second kappa shape index (κ2) is 10.4. The normalized spacial score (nSPS) is 20.4. The molecule has 184 valence electrons. The number of hydrogen-bond acceptors (Lipinski definition) is 4. The van der Waals surface area contributed by atoms with Gasteiger partial charge in [0.1, 0.15) is 11.6 Å². The lowest BCUT2D eigenvalue weighted by Crippen LogP contribution is -2.36. The van der Waals surface area contributed by atoms with Gasteiger partial charge >= 0.3 is 12.1 Å². The quantitative estimate of drug-likeness (QED) is 0.651. The molecule has 1 unspecified atom stereocenters. The molecule has 0 bridgehead atoms. The van der Waals surface area contributed by atoms with Crippen LogP contribution in [0.2, 0.25) is 0 Å². The van der Waals surface area contributed by atoms with E-state index in [1.807, 2.05) is 23.1 Å². The number of carbonyl (C=O) groups excluding carboxylic acids is 1. The third kappa shape index (κ3) is 6.25. The van der Waals surface area contributed by atoms with Crippen LogP contribution in [0.4, 0.5) is 17.6 Å². The number of amides is 1. The molecule has 2 saturated heterocycles. The van der Waals surface area contributed by atoms with Gasteiger partial charge in [0.15, 0.2) is 0 Å². The lowest BCUT2D eigenvalue weighted by atomic mass is 9.85. The van der Waals surface area contributed by atoms with E-state index in [1.165, 1.54) is 17.7 Å². The molecule has 1 amide bonds. The van der Waals surface area contributed by atoms with E-state index in [4.69, 9.17) is 14.6 Å². The van der Waals surface area contributed by atoms with Gasteiger partial charge < -0.3 is 14.7 Å². The Hall–Kier alpha value is -3.14. The van der Waals surface area contributed by atoms with Gasteiger partial charge in [-0.05, 0) is 54.8 Å². The predicted octanol–water partition coefficient (Wildman–Crippen LogP) is 4.09. The molecule has 6 nitrogen and oxygen atoms in total. The van der Waals surface area contributed by atoms with Gasteiger partial charge in [0.05, 0.1) is 12.5 Å². The van der Waals surface area contributed by atoms with E-state index in [0.29, 0.717) is 6.54 Å². The van der Waals surface area contributed by atoms with Crippen molar-refractivity contribution in [3.8, 4) is 5.75 Å². The minimum atomic E-state index is -5.08. The molecule has 2 aliphatic heterocycles. The van der Waals surface area contributed by atoms with Gasteiger partial charge in [0, 0.05) is 26.2 Å². The first-order chi connectivity index (χ1) is 16.0. The Bertz CT molecular complexity index is 1010. The van der Waals surface area contributed by atoms with Crippen LogP contribution in [0.5, 0.6) is 5.75 Å². The van der Waals surface area contributed by atoms with E-state index in [-0.39, 0.29) is 17.1 Å². The maximum Gasteiger partial charge on any atom is 0.490 e. The molecule has 2 heterocycles. The Morgan fingerprint density at radius 2 is 1.71 bits per heavy atom. The van der Waals surface area contributed by atoms with E-state index < -0.39 is 12.1 Å². The standard InChI is InChI=1S/C22H25FN2O2.C2HF3O2/c1-27-20-7-5-17(6-8-20)14-24-11-9-22(16-24)10-12-25(21(22)26)15-18-3-2-4-19(23)13-18;3-2(4,5)1(6)7/h2-8,13H,9-12,14-16H2,1H3;(H,6,7). The van der Waals surface area contributed by atoms with Crippen LogP contribution in [0.1, 0.15) is 24.0 Å². The van der Waals surface area contributed by atoms with E-state index in [1.54, 1.807) is 13.2 Å². The molecular weight excluding hydrogens is 456 g/mol. The molecule has 2 fully saturated rings. The van der Waals surface area contributed by atoms with Crippen molar-refractivity contribution < 1.29 is 37.0 Å². The predicted molar refractivity (Wildman–Crippen MR) is 115 cm³/mol. The summed E-state index contributed by atoms with van der Waals surface area (Å²) in [7, 11) is 1.67. The number of hydrogen-bond donors (Lipinski definition) is 1. The van der Waals surface area contributed by atoms with Crippen molar-refractivity contribution in [3.63, 3.8) is 0 Å². The van der Waals surface area contributed by atoms with Crippen LogP contribution in [-0.4, -0.2) is 59.7 Å². The molecule has 0 radical (unpaired) electrons. The van der Waals surface area contributed by atoms with Crippen molar-refractivity contribution in [2.45, 2.75) is 32.1 Å². The van der Waals surface area contributed by atoms with Crippen LogP contribution in [0.3, 0.4) is 0 Å². The van der Waals surface area contributed by atoms with Crippen LogP contribution < -0.4 is 4.74 Å². The second-order valence-corrected chi connectivity index (χ2v) is 8.50. The third-order valence-electron chi connectivity index (χ3n) is 6.10. The fraction of sp³-hybridized carbons (Fsp3) is 0.417. The van der Waals surface area contributed by atoms with E-state index in [9.17, 15) is 22.4 Å². The SMILES string of the molecule is COc1ccc(CN2CCC3(CCN(Cc4cccc(F)c4)C3=O)C2)cc1.O=C(O)C(F)(F)F. The average molecular weight is 482 g/mol. The number of carboxylic acid groups (broad SMARTS) is 1. The molecule has 1 atom stereocenters. The summed E-state index contributed by atoms with van der Waals surface area (Å²) >= 11 is 0. The minimum Gasteiger partial charge on any atom is -0.497 e. The number of aliphatic carboxylic acids is 1. The van der Waals surface area contributed by atoms with Crippen LogP contribution in [-0.2, 0) is 22.7 Å². The molecule has 10 heteroatoms. The largest absolute Gasteiger partial charge is 0.497 e. The number of halogens is 4. The van der Waals surface area contributed by atoms with E-state index in [2.05, 4.69) is 17.0 Å². The lowest BCUT2D eigenvalue weighted by Gasteiger charge is -2.24. The summed E-state index contributed by atoms with van der Waals surface area (Å²) in [6.07, 6.45) is -3.29. The van der Waals surface area contributed by atoms with Crippen LogP contribution in [0, 0.1) is 11.2 Å². The third-order valence-corrected chi connectivity index (χ3v) is 6.10. The second-order valence-electron chi connectivity index (χ2n) is 8.50. The summed E-state index contributed by atoms with van der Waals surface area (Å²) < 4.78 is 50.4. The van der Waals surface area contributed by atoms with Crippen LogP contribution in [0.15, 0.2) is 48.5 Å². The summed E-state index contributed by atoms with van der Waals surface area (Å²) in [6.45, 7) is 3.84. The zero-order valence-electron chi connectivity index (χ0n) is 18.6. The monoisotopic (exact) mass is 482 g/mol. The Morgan fingerprint density at radius 3 is 2.29 bits per heavy atom. The number of methoxy groups -OCH3 is 1. The first-order valence-electron chi connectivity index (χ1n) is 10.7. The van der Waals surface area contributed by atoms with Crippen molar-refractivity contribution in [3.05, 3.63) is 65.5 Å². The summed E-state index contributed by atoms with van der Waals surface area (Å²) in [5, 5.41) is 7.12. The molecule has 0 saturated carbocycles. The molecule has 0 aliphatic carbocycles. The number of alkyl halides is 3. The molecule has 34 heavy (non-hydrogen) atoms. The van der Waals surface area contributed by atoms with Crippen molar-refractivity contribution >= 4 is 11.9 Å². The Balaban J connectivity index is 0.000000406. The molecule has 0 aromatic heterocycles. The van der Waals surface area contributed by atoms with Gasteiger partial charge in [0.25, 0.3) is 0 Å². The minimum absolute atomic E-state index is 0.226. The van der Waals surface area contributed by atoms with Gasteiger partial charge in [-0.15, -0.1) is 0 Å². The number of benzene rings is 2. The highest BCUT2D eigenvalue weighted by molar-refractivity contribution is 5.85. The molecule has 4 rings (SSSR count). The number of likely N-dealkylation sites (tertiary alicyclic amines) is 2. The number of nitrogens with zero attached hydrogens (tertiary/aromatic N) is 2. The molecular formula is C24H26F4N2O4. The topological polar surface area (TPSA) is 70.1 Å². The summed E-state index contributed by atoms with van der Waals surface area (Å²) in [5.74, 6) is -1.92. The molecule has 2 aromatic rings. The summed E-state index contributed by atoms with van der Waals surface area (Å²) in [4.78, 5) is 26.2. The zero-order valence-corrected chi connectivity index (χ0v) is 18.6. The van der Waals surface area contributed by atoms with Crippen molar-refractivity contribution in [2.75, 3.05) is 26.7 Å². The Kier molecular flexibility index (Phi) is 7.81. The van der Waals surface area contributed by atoms with Gasteiger partial charge in [-0.25, -0.2) is 9.18 Å². The molecule has 2 aliphatic rings. The van der Waals surface area contributed by atoms with Gasteiger partial charge in [0.2, 0.25) is 5.91 Å². The number of carboxylic acids is 1. The lowest BCUT2D eigenvalue weighted by molar-refractivity contribution is -0.192. The van der Waals surface area contributed by atoms with E-state index in [0.717, 1.165) is 50.3 Å². The van der Waals surface area contributed by atoms with Crippen molar-refractivity contribution in [1.29, 1.82) is 0 Å². The molecule has 1 N–H and O–H groups in total. The summed E-state index contributed by atoms with van der Waals surface area (Å²) in [6, 6.07) is 14.6. The van der Waals surface area contributed by atoms with Gasteiger partial charge in [-0.3, -0.25) is 9.69 Å². The number of carbonyl (C=O) groups is 2. The Labute approximate surface area is 194 Å². The van der Waals surface area contributed by atoms with E-state index >= 15 is 0 Å². The molecule has 1 spiro atoms. The van der Waals surface area contributed by atoms with Crippen LogP contribution >= 0.6 is 0 Å². The van der Waals surface area contributed by atoms with Crippen molar-refractivity contribution in [2.24, 2.45) is 5.41 Å². The van der Waals surface area contributed by atoms with Gasteiger partial charge in [-0.2, -0.15) is 13.2 Å². The number of rotatable bonds is 5. The smallest absolute Gasteiger partial charge is 0.490 e. The highest BCUT2D eigenvalue weighted by Crippen LogP contribution is 2.41. The average Bonchev–Trinajstić information content (AvgIpc) is 3.33. The first-order valence-corrected chi connectivity index (χ1v) is 10.7. The number of ether oxygens (including phenoxy) is 1. The van der Waals surface area contributed by atoms with Crippen molar-refractivity contribution in [1.82, 2.24) is 9.80 Å². The highest BCUT2D eigenvalue weighted by atomic mass is 19.4. The van der Waals surface area contributed by atoms with Gasteiger partial charge in [-0.1, -0.05) is 24.3 Å². The molecule has 2 aromatic carbocycles. The first kappa shape index (κ1) is 25.5.